The molecule has 1 aromatic rings. The van der Waals surface area contributed by atoms with E-state index >= 15 is 0 Å². The van der Waals surface area contributed by atoms with E-state index in [4.69, 9.17) is 21.1 Å². The summed E-state index contributed by atoms with van der Waals surface area (Å²) in [5, 5.41) is -0.449. The molecule has 0 aromatic heterocycles. The van der Waals surface area contributed by atoms with E-state index < -0.39 is 5.24 Å². The Labute approximate surface area is 124 Å². The first-order valence-corrected chi connectivity index (χ1v) is 6.36. The first-order valence-electron chi connectivity index (χ1n) is 5.98. The zero-order valence-corrected chi connectivity index (χ0v) is 12.1. The molecule has 0 bridgehead atoms. The Bertz CT molecular complexity index is 391. The highest BCUT2D eigenvalue weighted by atomic mass is 35.5. The van der Waals surface area contributed by atoms with Crippen molar-refractivity contribution in [3.63, 3.8) is 0 Å². The largest absolute Gasteiger partial charge is 0.492 e. The Balaban J connectivity index is 0.00000180. The van der Waals surface area contributed by atoms with Gasteiger partial charge >= 0.3 is 0 Å². The lowest BCUT2D eigenvalue weighted by Crippen LogP contribution is -2.38. The Kier molecular flexibility index (Phi) is 7.16. The van der Waals surface area contributed by atoms with Gasteiger partial charge in [-0.15, -0.1) is 12.4 Å². The number of halogens is 2. The van der Waals surface area contributed by atoms with Crippen molar-refractivity contribution >= 4 is 29.3 Å². The van der Waals surface area contributed by atoms with Crippen molar-refractivity contribution < 1.29 is 14.3 Å². The summed E-state index contributed by atoms with van der Waals surface area (Å²) in [5.74, 6) is 0.755. The lowest BCUT2D eigenvalue weighted by Gasteiger charge is -2.26. The van der Waals surface area contributed by atoms with Crippen LogP contribution in [0.2, 0.25) is 0 Å². The van der Waals surface area contributed by atoms with Crippen LogP contribution in [0.3, 0.4) is 0 Å². The maximum absolute atomic E-state index is 10.9. The lowest BCUT2D eigenvalue weighted by molar-refractivity contribution is 0.0322. The molecule has 0 spiro atoms. The van der Waals surface area contributed by atoms with Gasteiger partial charge in [0.25, 0.3) is 5.24 Å². The van der Waals surface area contributed by atoms with E-state index in [1.807, 2.05) is 0 Å². The van der Waals surface area contributed by atoms with Crippen molar-refractivity contribution in [2.75, 3.05) is 39.5 Å². The number of nitrogens with zero attached hydrogens (tertiary/aromatic N) is 1. The number of benzene rings is 1. The van der Waals surface area contributed by atoms with Crippen LogP contribution in [0.25, 0.3) is 0 Å². The fraction of sp³-hybridized carbons (Fsp3) is 0.462. The van der Waals surface area contributed by atoms with Crippen LogP contribution in [0.5, 0.6) is 5.75 Å². The normalized spacial score (nSPS) is 15.6. The van der Waals surface area contributed by atoms with Gasteiger partial charge in [0, 0.05) is 25.2 Å². The molecule has 6 heteroatoms. The first kappa shape index (κ1) is 16.2. The second-order valence-corrected chi connectivity index (χ2v) is 4.44. The van der Waals surface area contributed by atoms with Gasteiger partial charge in [-0.25, -0.2) is 0 Å². The van der Waals surface area contributed by atoms with Gasteiger partial charge in [0.15, 0.2) is 0 Å². The second-order valence-electron chi connectivity index (χ2n) is 4.10. The van der Waals surface area contributed by atoms with Crippen molar-refractivity contribution in [3.8, 4) is 5.75 Å². The number of morpholine rings is 1. The quantitative estimate of drug-likeness (QED) is 0.782. The predicted octanol–water partition coefficient (Wildman–Crippen LogP) is 2.20. The van der Waals surface area contributed by atoms with E-state index in [0.29, 0.717) is 12.2 Å². The molecule has 0 aliphatic carbocycles. The molecule has 4 nitrogen and oxygen atoms in total. The minimum absolute atomic E-state index is 0. The summed E-state index contributed by atoms with van der Waals surface area (Å²) in [4.78, 5) is 13.2. The van der Waals surface area contributed by atoms with Crippen LogP contribution in [-0.2, 0) is 4.74 Å². The van der Waals surface area contributed by atoms with Gasteiger partial charge in [-0.2, -0.15) is 0 Å². The monoisotopic (exact) mass is 305 g/mol. The number of ether oxygens (including phenoxy) is 2. The molecule has 1 saturated heterocycles. The second kappa shape index (κ2) is 8.38. The summed E-state index contributed by atoms with van der Waals surface area (Å²) in [7, 11) is 0. The van der Waals surface area contributed by atoms with E-state index in [9.17, 15) is 4.79 Å². The predicted molar refractivity (Wildman–Crippen MR) is 76.6 cm³/mol. The van der Waals surface area contributed by atoms with E-state index in [1.165, 1.54) is 0 Å². The summed E-state index contributed by atoms with van der Waals surface area (Å²) >= 11 is 5.36. The summed E-state index contributed by atoms with van der Waals surface area (Å²) in [6.07, 6.45) is 0. The van der Waals surface area contributed by atoms with Crippen LogP contribution in [0.15, 0.2) is 24.3 Å². The average molecular weight is 306 g/mol. The fourth-order valence-corrected chi connectivity index (χ4v) is 1.93. The Morgan fingerprint density at radius 2 is 1.89 bits per heavy atom. The molecule has 0 N–H and O–H groups in total. The molecule has 0 unspecified atom stereocenters. The van der Waals surface area contributed by atoms with Crippen molar-refractivity contribution in [3.05, 3.63) is 29.8 Å². The fourth-order valence-electron chi connectivity index (χ4n) is 1.80. The van der Waals surface area contributed by atoms with Gasteiger partial charge in [-0.1, -0.05) is 0 Å². The Morgan fingerprint density at radius 1 is 1.26 bits per heavy atom. The van der Waals surface area contributed by atoms with Crippen LogP contribution in [0.4, 0.5) is 0 Å². The summed E-state index contributed by atoms with van der Waals surface area (Å²) in [6.45, 7) is 5.04. The molecule has 0 amide bonds. The molecular weight excluding hydrogens is 289 g/mol. The van der Waals surface area contributed by atoms with Crippen molar-refractivity contribution in [1.82, 2.24) is 4.90 Å². The lowest BCUT2D eigenvalue weighted by atomic mass is 10.2. The van der Waals surface area contributed by atoms with Crippen LogP contribution in [0.1, 0.15) is 10.4 Å². The maximum atomic E-state index is 10.9. The van der Waals surface area contributed by atoms with Crippen LogP contribution >= 0.6 is 24.0 Å². The minimum atomic E-state index is -0.449. The summed E-state index contributed by atoms with van der Waals surface area (Å²) < 4.78 is 10.9. The smallest absolute Gasteiger partial charge is 0.252 e. The molecule has 1 heterocycles. The van der Waals surface area contributed by atoms with Gasteiger partial charge in [-0.3, -0.25) is 9.69 Å². The van der Waals surface area contributed by atoms with Crippen molar-refractivity contribution in [2.45, 2.75) is 0 Å². The van der Waals surface area contributed by atoms with E-state index in [0.717, 1.165) is 38.6 Å². The average Bonchev–Trinajstić information content (AvgIpc) is 2.40. The molecule has 19 heavy (non-hydrogen) atoms. The number of rotatable bonds is 5. The Morgan fingerprint density at radius 3 is 2.47 bits per heavy atom. The third kappa shape index (κ3) is 5.37. The van der Waals surface area contributed by atoms with Crippen LogP contribution in [-0.4, -0.2) is 49.6 Å². The van der Waals surface area contributed by atoms with E-state index in [2.05, 4.69) is 4.90 Å². The van der Waals surface area contributed by atoms with Crippen molar-refractivity contribution in [1.29, 1.82) is 0 Å². The van der Waals surface area contributed by atoms with E-state index in [-0.39, 0.29) is 12.4 Å². The van der Waals surface area contributed by atoms with Crippen LogP contribution < -0.4 is 4.74 Å². The minimum Gasteiger partial charge on any atom is -0.492 e. The molecule has 0 saturated carbocycles. The molecule has 1 fully saturated rings. The van der Waals surface area contributed by atoms with Crippen molar-refractivity contribution in [2.24, 2.45) is 0 Å². The number of hydrogen-bond acceptors (Lipinski definition) is 4. The molecular formula is C13H17Cl2NO3. The molecule has 2 rings (SSSR count). The van der Waals surface area contributed by atoms with Gasteiger partial charge in [0.05, 0.1) is 13.2 Å². The third-order valence-electron chi connectivity index (χ3n) is 2.86. The van der Waals surface area contributed by atoms with Gasteiger partial charge < -0.3 is 9.47 Å². The number of hydrogen-bond donors (Lipinski definition) is 0. The standard InChI is InChI=1S/C13H16ClNO3.ClH/c14-13(16)11-1-3-12(4-2-11)18-10-7-15-5-8-17-9-6-15;/h1-4H,5-10H2;1H. The topological polar surface area (TPSA) is 38.8 Å². The number of carbonyl (C=O) groups excluding carboxylic acids is 1. The number of carbonyl (C=O) groups is 1. The van der Waals surface area contributed by atoms with E-state index in [1.54, 1.807) is 24.3 Å². The zero-order chi connectivity index (χ0) is 12.8. The summed E-state index contributed by atoms with van der Waals surface area (Å²) in [6, 6.07) is 6.85. The molecule has 0 atom stereocenters. The van der Waals surface area contributed by atoms with Crippen LogP contribution in [0, 0.1) is 0 Å². The first-order chi connectivity index (χ1) is 8.75. The highest BCUT2D eigenvalue weighted by Gasteiger charge is 2.09. The zero-order valence-electron chi connectivity index (χ0n) is 10.5. The Hall–Kier alpha value is -0.810. The highest BCUT2D eigenvalue weighted by Crippen LogP contribution is 2.13. The molecule has 0 radical (unpaired) electrons. The van der Waals surface area contributed by atoms with Gasteiger partial charge in [-0.05, 0) is 35.9 Å². The molecule has 1 aliphatic heterocycles. The van der Waals surface area contributed by atoms with Gasteiger partial charge in [0.2, 0.25) is 0 Å². The highest BCUT2D eigenvalue weighted by molar-refractivity contribution is 6.67. The molecule has 1 aromatic carbocycles. The summed E-state index contributed by atoms with van der Waals surface area (Å²) in [5.41, 5.74) is 0.484. The van der Waals surface area contributed by atoms with Gasteiger partial charge in [0.1, 0.15) is 12.4 Å². The molecule has 1 aliphatic rings. The third-order valence-corrected chi connectivity index (χ3v) is 3.08. The molecule has 106 valence electrons. The SMILES string of the molecule is Cl.O=C(Cl)c1ccc(OCCN2CCOCC2)cc1. The maximum Gasteiger partial charge on any atom is 0.252 e.